The lowest BCUT2D eigenvalue weighted by Gasteiger charge is -2.17. The minimum atomic E-state index is -4.51. The number of aromatic nitrogens is 2. The summed E-state index contributed by atoms with van der Waals surface area (Å²) in [5, 5.41) is 6.26. The summed E-state index contributed by atoms with van der Waals surface area (Å²) >= 11 is 0. The smallest absolute Gasteiger partial charge is 0.352 e. The van der Waals surface area contributed by atoms with Crippen LogP contribution in [0.25, 0.3) is 5.69 Å². The number of hydrogen-bond donors (Lipinski definition) is 1. The Balaban J connectivity index is 1.35. The molecule has 6 nitrogen and oxygen atoms in total. The SMILES string of the molecule is O=C(NCc1ccc(-n2ccc(C(F)(F)F)n2)cc1)C1CC(=O)N(c2ccccc2F)C1. The lowest BCUT2D eigenvalue weighted by atomic mass is 10.1. The summed E-state index contributed by atoms with van der Waals surface area (Å²) < 4.78 is 53.2. The summed E-state index contributed by atoms with van der Waals surface area (Å²) in [6.07, 6.45) is -3.31. The molecule has 1 atom stereocenters. The molecule has 10 heteroatoms. The molecule has 1 aliphatic heterocycles. The Bertz CT molecular complexity index is 1140. The topological polar surface area (TPSA) is 67.2 Å². The van der Waals surface area contributed by atoms with Crippen molar-refractivity contribution in [3.05, 3.63) is 77.9 Å². The molecule has 0 spiro atoms. The first-order chi connectivity index (χ1) is 15.2. The number of nitrogens with zero attached hydrogens (tertiary/aromatic N) is 3. The fourth-order valence-electron chi connectivity index (χ4n) is 3.51. The predicted molar refractivity (Wildman–Crippen MR) is 107 cm³/mol. The number of para-hydroxylation sites is 1. The van der Waals surface area contributed by atoms with E-state index in [-0.39, 0.29) is 37.0 Å². The molecule has 1 fully saturated rings. The largest absolute Gasteiger partial charge is 0.435 e. The molecule has 1 aliphatic rings. The van der Waals surface area contributed by atoms with E-state index in [9.17, 15) is 27.2 Å². The summed E-state index contributed by atoms with van der Waals surface area (Å²) in [6.45, 7) is 0.266. The highest BCUT2D eigenvalue weighted by Gasteiger charge is 2.36. The molecule has 32 heavy (non-hydrogen) atoms. The molecule has 2 amide bonds. The average Bonchev–Trinajstić information content (AvgIpc) is 3.40. The van der Waals surface area contributed by atoms with Gasteiger partial charge in [0.1, 0.15) is 5.82 Å². The third kappa shape index (κ3) is 4.48. The van der Waals surface area contributed by atoms with Crippen molar-refractivity contribution < 1.29 is 27.2 Å². The number of carbonyl (C=O) groups is 2. The maximum absolute atomic E-state index is 14.0. The number of alkyl halides is 3. The van der Waals surface area contributed by atoms with Gasteiger partial charge < -0.3 is 10.2 Å². The van der Waals surface area contributed by atoms with Crippen molar-refractivity contribution in [2.24, 2.45) is 5.92 Å². The molecule has 1 saturated heterocycles. The second-order valence-corrected chi connectivity index (χ2v) is 7.38. The van der Waals surface area contributed by atoms with E-state index in [1.165, 1.54) is 29.3 Å². The molecule has 166 valence electrons. The van der Waals surface area contributed by atoms with Crippen LogP contribution in [0.1, 0.15) is 17.7 Å². The van der Waals surface area contributed by atoms with Gasteiger partial charge in [0.15, 0.2) is 5.69 Å². The molecule has 0 aliphatic carbocycles. The molecular weight excluding hydrogens is 428 g/mol. The standard InChI is InChI=1S/C22H18F4N4O2/c23-17-3-1-2-4-18(17)29-13-15(11-20(29)31)21(32)27-12-14-5-7-16(8-6-14)30-10-9-19(28-30)22(24,25)26/h1-10,15H,11-13H2,(H,27,32). The highest BCUT2D eigenvalue weighted by atomic mass is 19.4. The monoisotopic (exact) mass is 446 g/mol. The van der Waals surface area contributed by atoms with E-state index < -0.39 is 23.6 Å². The number of amides is 2. The summed E-state index contributed by atoms with van der Waals surface area (Å²) in [5.74, 6) is -1.78. The van der Waals surface area contributed by atoms with E-state index in [2.05, 4.69) is 10.4 Å². The fraction of sp³-hybridized carbons (Fsp3) is 0.227. The van der Waals surface area contributed by atoms with Gasteiger partial charge in [-0.3, -0.25) is 9.59 Å². The highest BCUT2D eigenvalue weighted by Crippen LogP contribution is 2.28. The first-order valence-electron chi connectivity index (χ1n) is 9.77. The number of benzene rings is 2. The third-order valence-electron chi connectivity index (χ3n) is 5.19. The van der Waals surface area contributed by atoms with E-state index in [1.807, 2.05) is 0 Å². The Labute approximate surface area is 180 Å². The summed E-state index contributed by atoms with van der Waals surface area (Å²) in [7, 11) is 0. The Hall–Kier alpha value is -3.69. The molecule has 3 aromatic rings. The number of nitrogens with one attached hydrogen (secondary N) is 1. The predicted octanol–water partition coefficient (Wildman–Crippen LogP) is 3.70. The van der Waals surface area contributed by atoms with Crippen molar-refractivity contribution in [2.45, 2.75) is 19.1 Å². The van der Waals surface area contributed by atoms with E-state index in [1.54, 1.807) is 30.3 Å². The Kier molecular flexibility index (Phi) is 5.68. The van der Waals surface area contributed by atoms with Gasteiger partial charge in [0.25, 0.3) is 0 Å². The summed E-state index contributed by atoms with van der Waals surface area (Å²) in [4.78, 5) is 26.0. The lowest BCUT2D eigenvalue weighted by molar-refractivity contribution is -0.141. The number of anilines is 1. The van der Waals surface area contributed by atoms with Crippen LogP contribution >= 0.6 is 0 Å². The van der Waals surface area contributed by atoms with E-state index in [0.717, 1.165) is 16.3 Å². The normalized spacial score (nSPS) is 16.4. The molecule has 2 heterocycles. The molecule has 1 unspecified atom stereocenters. The zero-order valence-corrected chi connectivity index (χ0v) is 16.6. The van der Waals surface area contributed by atoms with Crippen molar-refractivity contribution >= 4 is 17.5 Å². The molecule has 1 N–H and O–H groups in total. The molecule has 0 saturated carbocycles. The van der Waals surface area contributed by atoms with Gasteiger partial charge in [-0.1, -0.05) is 24.3 Å². The maximum atomic E-state index is 14.0. The number of carbonyl (C=O) groups excluding carboxylic acids is 2. The quantitative estimate of drug-likeness (QED) is 0.608. The van der Waals surface area contributed by atoms with Gasteiger partial charge in [0.05, 0.1) is 17.3 Å². The molecule has 1 aromatic heterocycles. The van der Waals surface area contributed by atoms with Gasteiger partial charge in [-0.05, 0) is 35.9 Å². The average molecular weight is 446 g/mol. The molecule has 4 rings (SSSR count). The zero-order valence-electron chi connectivity index (χ0n) is 16.6. The van der Waals surface area contributed by atoms with Crippen LogP contribution in [0.15, 0.2) is 60.8 Å². The van der Waals surface area contributed by atoms with Crippen molar-refractivity contribution in [2.75, 3.05) is 11.4 Å². The van der Waals surface area contributed by atoms with Gasteiger partial charge in [0.2, 0.25) is 11.8 Å². The van der Waals surface area contributed by atoms with E-state index in [4.69, 9.17) is 0 Å². The van der Waals surface area contributed by atoms with Gasteiger partial charge in [-0.2, -0.15) is 18.3 Å². The molecule has 0 bridgehead atoms. The minimum absolute atomic E-state index is 0.0139. The third-order valence-corrected chi connectivity index (χ3v) is 5.19. The van der Waals surface area contributed by atoms with Gasteiger partial charge >= 0.3 is 6.18 Å². The van der Waals surface area contributed by atoms with Crippen LogP contribution in [0.2, 0.25) is 0 Å². The van der Waals surface area contributed by atoms with Gasteiger partial charge in [0, 0.05) is 25.7 Å². The fourth-order valence-corrected chi connectivity index (χ4v) is 3.51. The van der Waals surface area contributed by atoms with Gasteiger partial charge in [-0.25, -0.2) is 9.07 Å². The van der Waals surface area contributed by atoms with Gasteiger partial charge in [-0.15, -0.1) is 0 Å². The summed E-state index contributed by atoms with van der Waals surface area (Å²) in [5.41, 5.74) is 0.332. The van der Waals surface area contributed by atoms with Crippen LogP contribution in [-0.4, -0.2) is 28.1 Å². The number of halogens is 4. The summed E-state index contributed by atoms with van der Waals surface area (Å²) in [6, 6.07) is 13.3. The number of hydrogen-bond acceptors (Lipinski definition) is 3. The van der Waals surface area contributed by atoms with Crippen LogP contribution in [0.4, 0.5) is 23.2 Å². The van der Waals surface area contributed by atoms with Crippen LogP contribution in [0.3, 0.4) is 0 Å². The molecule has 0 radical (unpaired) electrons. The Morgan fingerprint density at radius 2 is 1.81 bits per heavy atom. The second-order valence-electron chi connectivity index (χ2n) is 7.38. The maximum Gasteiger partial charge on any atom is 0.435 e. The zero-order chi connectivity index (χ0) is 22.9. The van der Waals surface area contributed by atoms with E-state index in [0.29, 0.717) is 5.69 Å². The molecular formula is C22H18F4N4O2. The van der Waals surface area contributed by atoms with Crippen molar-refractivity contribution in [3.8, 4) is 5.69 Å². The second kappa shape index (κ2) is 8.45. The van der Waals surface area contributed by atoms with Crippen LogP contribution in [0.5, 0.6) is 0 Å². The first kappa shape index (κ1) is 21.5. The lowest BCUT2D eigenvalue weighted by Crippen LogP contribution is -2.32. The van der Waals surface area contributed by atoms with Crippen molar-refractivity contribution in [1.82, 2.24) is 15.1 Å². The van der Waals surface area contributed by atoms with Crippen LogP contribution < -0.4 is 10.2 Å². The van der Waals surface area contributed by atoms with Crippen LogP contribution in [-0.2, 0) is 22.3 Å². The van der Waals surface area contributed by atoms with Crippen molar-refractivity contribution in [3.63, 3.8) is 0 Å². The van der Waals surface area contributed by atoms with E-state index >= 15 is 0 Å². The van der Waals surface area contributed by atoms with Crippen molar-refractivity contribution in [1.29, 1.82) is 0 Å². The molecule has 2 aromatic carbocycles. The first-order valence-corrected chi connectivity index (χ1v) is 9.77. The Morgan fingerprint density at radius 1 is 1.09 bits per heavy atom. The highest BCUT2D eigenvalue weighted by molar-refractivity contribution is 6.00. The van der Waals surface area contributed by atoms with Crippen LogP contribution in [0, 0.1) is 11.7 Å². The number of rotatable bonds is 5. The minimum Gasteiger partial charge on any atom is -0.352 e. The Morgan fingerprint density at radius 3 is 2.47 bits per heavy atom.